The zero-order valence-electron chi connectivity index (χ0n) is 10.6. The average molecular weight is 286 g/mol. The van der Waals surface area contributed by atoms with Crippen molar-refractivity contribution in [3.63, 3.8) is 0 Å². The van der Waals surface area contributed by atoms with E-state index >= 15 is 0 Å². The fraction of sp³-hybridized carbons (Fsp3) is 0.0625. The Morgan fingerprint density at radius 2 is 1.95 bits per heavy atom. The molecule has 2 aromatic carbocycles. The molecule has 4 heteroatoms. The van der Waals surface area contributed by atoms with Crippen LogP contribution >= 0.6 is 11.6 Å². The van der Waals surface area contributed by atoms with E-state index in [-0.39, 0.29) is 5.56 Å². The Kier molecular flexibility index (Phi) is 3.20. The first kappa shape index (κ1) is 12.8. The second-order valence-electron chi connectivity index (χ2n) is 4.61. The molecule has 1 N–H and O–H groups in total. The molecule has 0 fully saturated rings. The standard InChI is InChI=1S/C16H12ClNO2/c17-14-4-2-1-3-13(14)10-18-8-7-11-5-6-12(16(19)20)9-15(11)18/h1-9H,10H2,(H,19,20). The molecule has 0 atom stereocenters. The largest absolute Gasteiger partial charge is 0.478 e. The lowest BCUT2D eigenvalue weighted by Gasteiger charge is -2.08. The van der Waals surface area contributed by atoms with Crippen molar-refractivity contribution in [2.75, 3.05) is 0 Å². The molecule has 0 aliphatic heterocycles. The van der Waals surface area contributed by atoms with Crippen molar-refractivity contribution in [3.05, 3.63) is 70.9 Å². The van der Waals surface area contributed by atoms with Gasteiger partial charge in [-0.25, -0.2) is 4.79 Å². The van der Waals surface area contributed by atoms with Crippen molar-refractivity contribution in [3.8, 4) is 0 Å². The first-order valence-corrected chi connectivity index (χ1v) is 6.58. The van der Waals surface area contributed by atoms with Gasteiger partial charge in [-0.3, -0.25) is 0 Å². The third-order valence-electron chi connectivity index (χ3n) is 3.32. The summed E-state index contributed by atoms with van der Waals surface area (Å²) in [5.74, 6) is -0.919. The van der Waals surface area contributed by atoms with Crippen LogP contribution in [-0.2, 0) is 6.54 Å². The number of carboxylic acids is 1. The molecule has 20 heavy (non-hydrogen) atoms. The van der Waals surface area contributed by atoms with Crippen LogP contribution in [0.4, 0.5) is 0 Å². The minimum Gasteiger partial charge on any atom is -0.478 e. The van der Waals surface area contributed by atoms with Crippen LogP contribution in [0.5, 0.6) is 0 Å². The number of halogens is 1. The highest BCUT2D eigenvalue weighted by Gasteiger charge is 2.08. The summed E-state index contributed by atoms with van der Waals surface area (Å²) < 4.78 is 2.00. The Hall–Kier alpha value is -2.26. The van der Waals surface area contributed by atoms with E-state index in [4.69, 9.17) is 16.7 Å². The van der Waals surface area contributed by atoms with Crippen molar-refractivity contribution in [2.45, 2.75) is 6.54 Å². The van der Waals surface area contributed by atoms with Gasteiger partial charge in [0.15, 0.2) is 0 Å². The van der Waals surface area contributed by atoms with Gasteiger partial charge in [-0.15, -0.1) is 0 Å². The van der Waals surface area contributed by atoms with Gasteiger partial charge in [0, 0.05) is 23.3 Å². The molecule has 3 rings (SSSR count). The number of hydrogen-bond acceptors (Lipinski definition) is 1. The highest BCUT2D eigenvalue weighted by Crippen LogP contribution is 2.22. The molecular weight excluding hydrogens is 274 g/mol. The third-order valence-corrected chi connectivity index (χ3v) is 3.69. The molecule has 0 saturated heterocycles. The average Bonchev–Trinajstić information content (AvgIpc) is 2.84. The predicted molar refractivity (Wildman–Crippen MR) is 79.5 cm³/mol. The van der Waals surface area contributed by atoms with E-state index < -0.39 is 5.97 Å². The number of hydrogen-bond donors (Lipinski definition) is 1. The Morgan fingerprint density at radius 1 is 1.15 bits per heavy atom. The molecule has 1 heterocycles. The van der Waals surface area contributed by atoms with Crippen LogP contribution in [-0.4, -0.2) is 15.6 Å². The molecule has 0 aliphatic rings. The lowest BCUT2D eigenvalue weighted by atomic mass is 10.1. The second-order valence-corrected chi connectivity index (χ2v) is 5.02. The highest BCUT2D eigenvalue weighted by atomic mass is 35.5. The van der Waals surface area contributed by atoms with Gasteiger partial charge in [0.05, 0.1) is 5.56 Å². The van der Waals surface area contributed by atoms with Gasteiger partial charge in [-0.2, -0.15) is 0 Å². The quantitative estimate of drug-likeness (QED) is 0.789. The van der Waals surface area contributed by atoms with Crippen LogP contribution in [0.3, 0.4) is 0 Å². The molecule has 0 aliphatic carbocycles. The molecule has 0 bridgehead atoms. The highest BCUT2D eigenvalue weighted by molar-refractivity contribution is 6.31. The van der Waals surface area contributed by atoms with Crippen LogP contribution < -0.4 is 0 Å². The van der Waals surface area contributed by atoms with Gasteiger partial charge >= 0.3 is 5.97 Å². The van der Waals surface area contributed by atoms with Gasteiger partial charge in [0.2, 0.25) is 0 Å². The summed E-state index contributed by atoms with van der Waals surface area (Å²) in [4.78, 5) is 11.1. The topological polar surface area (TPSA) is 42.2 Å². The number of carboxylic acid groups (broad SMARTS) is 1. The van der Waals surface area contributed by atoms with Crippen LogP contribution in [0, 0.1) is 0 Å². The zero-order chi connectivity index (χ0) is 14.1. The first-order chi connectivity index (χ1) is 9.65. The van der Waals surface area contributed by atoms with Gasteiger partial charge < -0.3 is 9.67 Å². The maximum atomic E-state index is 11.1. The second kappa shape index (κ2) is 5.02. The molecule has 0 unspecified atom stereocenters. The van der Waals surface area contributed by atoms with Crippen molar-refractivity contribution in [1.29, 1.82) is 0 Å². The molecule has 3 aromatic rings. The lowest BCUT2D eigenvalue weighted by molar-refractivity contribution is 0.0697. The maximum Gasteiger partial charge on any atom is 0.335 e. The number of aromatic nitrogens is 1. The molecule has 0 saturated carbocycles. The predicted octanol–water partition coefficient (Wildman–Crippen LogP) is 4.04. The fourth-order valence-electron chi connectivity index (χ4n) is 2.26. The summed E-state index contributed by atoms with van der Waals surface area (Å²) in [5, 5.41) is 10.8. The monoisotopic (exact) mass is 285 g/mol. The Morgan fingerprint density at radius 3 is 2.70 bits per heavy atom. The summed E-state index contributed by atoms with van der Waals surface area (Å²) in [6.45, 7) is 0.617. The molecule has 100 valence electrons. The van der Waals surface area contributed by atoms with E-state index in [2.05, 4.69) is 0 Å². The molecular formula is C16H12ClNO2. The van der Waals surface area contributed by atoms with Gasteiger partial charge in [0.25, 0.3) is 0 Å². The van der Waals surface area contributed by atoms with E-state index in [1.807, 2.05) is 47.2 Å². The Bertz CT molecular complexity index is 792. The molecule has 1 aromatic heterocycles. The van der Waals surface area contributed by atoms with Gasteiger partial charge in [-0.1, -0.05) is 35.9 Å². The third kappa shape index (κ3) is 2.28. The van der Waals surface area contributed by atoms with Crippen molar-refractivity contribution >= 4 is 28.5 Å². The minimum atomic E-state index is -0.919. The smallest absolute Gasteiger partial charge is 0.335 e. The number of rotatable bonds is 3. The van der Waals surface area contributed by atoms with E-state index in [1.54, 1.807) is 12.1 Å². The number of benzene rings is 2. The van der Waals surface area contributed by atoms with E-state index in [9.17, 15) is 4.79 Å². The number of nitrogens with zero attached hydrogens (tertiary/aromatic N) is 1. The fourth-order valence-corrected chi connectivity index (χ4v) is 2.46. The summed E-state index contributed by atoms with van der Waals surface area (Å²) in [6.07, 6.45) is 1.94. The Labute approximate surface area is 121 Å². The molecule has 3 nitrogen and oxygen atoms in total. The maximum absolute atomic E-state index is 11.1. The SMILES string of the molecule is O=C(O)c1ccc2ccn(Cc3ccccc3Cl)c2c1. The first-order valence-electron chi connectivity index (χ1n) is 6.21. The number of fused-ring (bicyclic) bond motifs is 1. The van der Waals surface area contributed by atoms with Crippen LogP contribution in [0.1, 0.15) is 15.9 Å². The van der Waals surface area contributed by atoms with Crippen molar-refractivity contribution in [1.82, 2.24) is 4.57 Å². The van der Waals surface area contributed by atoms with Crippen LogP contribution in [0.2, 0.25) is 5.02 Å². The summed E-state index contributed by atoms with van der Waals surface area (Å²) in [6, 6.07) is 14.7. The van der Waals surface area contributed by atoms with Gasteiger partial charge in [0.1, 0.15) is 0 Å². The van der Waals surface area contributed by atoms with E-state index in [1.165, 1.54) is 0 Å². The lowest BCUT2D eigenvalue weighted by Crippen LogP contribution is -2.00. The Balaban J connectivity index is 2.06. The molecule has 0 spiro atoms. The van der Waals surface area contributed by atoms with E-state index in [0.29, 0.717) is 11.6 Å². The van der Waals surface area contributed by atoms with Crippen molar-refractivity contribution in [2.24, 2.45) is 0 Å². The molecule has 0 amide bonds. The summed E-state index contributed by atoms with van der Waals surface area (Å²) in [7, 11) is 0. The summed E-state index contributed by atoms with van der Waals surface area (Å²) >= 11 is 6.17. The summed E-state index contributed by atoms with van der Waals surface area (Å²) in [5.41, 5.74) is 2.19. The van der Waals surface area contributed by atoms with Crippen LogP contribution in [0.15, 0.2) is 54.7 Å². The normalized spacial score (nSPS) is 10.8. The van der Waals surface area contributed by atoms with Crippen molar-refractivity contribution < 1.29 is 9.90 Å². The zero-order valence-corrected chi connectivity index (χ0v) is 11.3. The van der Waals surface area contributed by atoms with Gasteiger partial charge in [-0.05, 0) is 35.2 Å². The molecule has 0 radical (unpaired) electrons. The number of aromatic carboxylic acids is 1. The van der Waals surface area contributed by atoms with Crippen LogP contribution in [0.25, 0.3) is 10.9 Å². The minimum absolute atomic E-state index is 0.289. The van der Waals surface area contributed by atoms with E-state index in [0.717, 1.165) is 16.5 Å². The number of carbonyl (C=O) groups is 1.